The molecule has 2 N–H and O–H groups in total. The number of urea groups is 1. The first-order valence-electron chi connectivity index (χ1n) is 12.2. The van der Waals surface area contributed by atoms with E-state index in [1.807, 2.05) is 42.6 Å². The number of hydrogen-bond donors (Lipinski definition) is 2. The average Bonchev–Trinajstić information content (AvgIpc) is 3.45. The largest absolute Gasteiger partial charge is 0.368 e. The van der Waals surface area contributed by atoms with E-state index in [1.54, 1.807) is 28.0 Å². The van der Waals surface area contributed by atoms with Crippen LogP contribution in [0.25, 0.3) is 0 Å². The fraction of sp³-hybridized carbons (Fsp3) is 0.296. The molecule has 0 radical (unpaired) electrons. The minimum Gasteiger partial charge on any atom is -0.368 e. The zero-order chi connectivity index (χ0) is 26.2. The molecule has 194 valence electrons. The van der Waals surface area contributed by atoms with Gasteiger partial charge in [-0.15, -0.1) is 11.3 Å². The fourth-order valence-corrected chi connectivity index (χ4v) is 4.82. The second kappa shape index (κ2) is 12.4. The van der Waals surface area contributed by atoms with Gasteiger partial charge in [-0.2, -0.15) is 0 Å². The summed E-state index contributed by atoms with van der Waals surface area (Å²) in [6.07, 6.45) is 0.761. The van der Waals surface area contributed by atoms with E-state index in [0.29, 0.717) is 43.3 Å². The first kappa shape index (κ1) is 26.2. The normalized spacial score (nSPS) is 13.2. The van der Waals surface area contributed by atoms with Crippen molar-refractivity contribution in [3.63, 3.8) is 0 Å². The fourth-order valence-electron chi connectivity index (χ4n) is 4.13. The number of nitrogens with one attached hydrogen (secondary N) is 2. The summed E-state index contributed by atoms with van der Waals surface area (Å²) in [7, 11) is 0. The van der Waals surface area contributed by atoms with Gasteiger partial charge in [0.1, 0.15) is 12.4 Å². The SMILES string of the molecule is CCCN(CC(=O)Nc1ccc(N2CCN(C(=O)Nc3ccccc3F)CC2)cc1)C(=O)c1cccs1. The molecule has 0 spiro atoms. The van der Waals surface area contributed by atoms with Gasteiger partial charge in [0.15, 0.2) is 0 Å². The number of rotatable bonds is 8. The quantitative estimate of drug-likeness (QED) is 0.447. The van der Waals surface area contributed by atoms with Crippen LogP contribution in [0.5, 0.6) is 0 Å². The van der Waals surface area contributed by atoms with Crippen molar-refractivity contribution in [2.45, 2.75) is 13.3 Å². The Labute approximate surface area is 219 Å². The Kier molecular flexibility index (Phi) is 8.73. The molecule has 0 aliphatic carbocycles. The van der Waals surface area contributed by atoms with Crippen LogP contribution in [0.2, 0.25) is 0 Å². The molecule has 0 saturated carbocycles. The van der Waals surface area contributed by atoms with Gasteiger partial charge in [0.25, 0.3) is 5.91 Å². The lowest BCUT2D eigenvalue weighted by molar-refractivity contribution is -0.116. The van der Waals surface area contributed by atoms with Crippen LogP contribution in [0.3, 0.4) is 0 Å². The third-order valence-corrected chi connectivity index (χ3v) is 6.90. The Balaban J connectivity index is 1.27. The number of hydrogen-bond acceptors (Lipinski definition) is 5. The monoisotopic (exact) mass is 523 g/mol. The van der Waals surface area contributed by atoms with Crippen molar-refractivity contribution in [2.24, 2.45) is 0 Å². The molecule has 10 heteroatoms. The summed E-state index contributed by atoms with van der Waals surface area (Å²) in [4.78, 5) is 43.8. The molecule has 0 unspecified atom stereocenters. The molecule has 3 aromatic rings. The second-order valence-corrected chi connectivity index (χ2v) is 9.63. The Bertz CT molecular complexity index is 1210. The van der Waals surface area contributed by atoms with E-state index < -0.39 is 5.82 Å². The number of carbonyl (C=O) groups excluding carboxylic acids is 3. The Morgan fingerprint density at radius 1 is 0.946 bits per heavy atom. The molecule has 1 fully saturated rings. The van der Waals surface area contributed by atoms with Gasteiger partial charge in [-0.25, -0.2) is 9.18 Å². The van der Waals surface area contributed by atoms with Crippen LogP contribution < -0.4 is 15.5 Å². The van der Waals surface area contributed by atoms with Crippen molar-refractivity contribution in [2.75, 3.05) is 54.8 Å². The topological polar surface area (TPSA) is 85.0 Å². The lowest BCUT2D eigenvalue weighted by Gasteiger charge is -2.36. The molecule has 1 aliphatic rings. The predicted octanol–water partition coefficient (Wildman–Crippen LogP) is 4.73. The predicted molar refractivity (Wildman–Crippen MR) is 145 cm³/mol. The molecule has 2 aromatic carbocycles. The Morgan fingerprint density at radius 3 is 2.32 bits per heavy atom. The van der Waals surface area contributed by atoms with Crippen LogP contribution in [0.4, 0.5) is 26.2 Å². The Hall–Kier alpha value is -3.92. The van der Waals surface area contributed by atoms with Gasteiger partial charge >= 0.3 is 6.03 Å². The van der Waals surface area contributed by atoms with Gasteiger partial charge in [-0.1, -0.05) is 25.1 Å². The molecule has 37 heavy (non-hydrogen) atoms. The summed E-state index contributed by atoms with van der Waals surface area (Å²) in [6, 6.07) is 16.9. The molecule has 0 bridgehead atoms. The highest BCUT2D eigenvalue weighted by Crippen LogP contribution is 2.21. The molecular weight excluding hydrogens is 493 g/mol. The molecule has 4 rings (SSSR count). The van der Waals surface area contributed by atoms with Gasteiger partial charge < -0.3 is 25.3 Å². The van der Waals surface area contributed by atoms with E-state index in [9.17, 15) is 18.8 Å². The third kappa shape index (κ3) is 6.85. The summed E-state index contributed by atoms with van der Waals surface area (Å²) >= 11 is 1.37. The van der Waals surface area contributed by atoms with Crippen molar-refractivity contribution in [1.82, 2.24) is 9.80 Å². The smallest absolute Gasteiger partial charge is 0.322 e. The molecule has 1 saturated heterocycles. The first-order valence-corrected chi connectivity index (χ1v) is 13.1. The van der Waals surface area contributed by atoms with Crippen LogP contribution in [0.15, 0.2) is 66.0 Å². The standard InChI is InChI=1S/C27H30FN5O3S/c1-2-13-33(26(35)24-8-5-18-37-24)19-25(34)29-20-9-11-21(12-10-20)31-14-16-32(17-15-31)27(36)30-23-7-4-3-6-22(23)28/h3-12,18H,2,13-17,19H2,1H3,(H,29,34)(H,30,36). The summed E-state index contributed by atoms with van der Waals surface area (Å²) in [5.74, 6) is -0.849. The van der Waals surface area contributed by atoms with Gasteiger partial charge in [-0.3, -0.25) is 9.59 Å². The molecular formula is C27H30FN5O3S. The van der Waals surface area contributed by atoms with Gasteiger partial charge in [0.05, 0.1) is 10.6 Å². The highest BCUT2D eigenvalue weighted by atomic mass is 32.1. The van der Waals surface area contributed by atoms with Crippen molar-refractivity contribution in [1.29, 1.82) is 0 Å². The summed E-state index contributed by atoms with van der Waals surface area (Å²) in [5, 5.41) is 7.34. The molecule has 4 amide bonds. The first-order chi connectivity index (χ1) is 17.9. The van der Waals surface area contributed by atoms with Crippen molar-refractivity contribution in [3.05, 3.63) is 76.7 Å². The van der Waals surface area contributed by atoms with Crippen molar-refractivity contribution < 1.29 is 18.8 Å². The number of thiophene rings is 1. The van der Waals surface area contributed by atoms with E-state index in [0.717, 1.165) is 12.1 Å². The summed E-state index contributed by atoms with van der Waals surface area (Å²) < 4.78 is 13.8. The summed E-state index contributed by atoms with van der Waals surface area (Å²) in [5.41, 5.74) is 1.80. The number of amides is 4. The Morgan fingerprint density at radius 2 is 1.68 bits per heavy atom. The van der Waals surface area contributed by atoms with E-state index in [-0.39, 0.29) is 30.1 Å². The molecule has 0 atom stereocenters. The molecule has 1 aliphatic heterocycles. The maximum absolute atomic E-state index is 13.8. The second-order valence-electron chi connectivity index (χ2n) is 8.68. The van der Waals surface area contributed by atoms with Crippen LogP contribution in [0, 0.1) is 5.82 Å². The van der Waals surface area contributed by atoms with Crippen molar-refractivity contribution in [3.8, 4) is 0 Å². The highest BCUT2D eigenvalue weighted by molar-refractivity contribution is 7.12. The zero-order valence-corrected chi connectivity index (χ0v) is 21.5. The number of carbonyl (C=O) groups is 3. The van der Waals surface area contributed by atoms with E-state index in [2.05, 4.69) is 15.5 Å². The van der Waals surface area contributed by atoms with E-state index in [4.69, 9.17) is 0 Å². The van der Waals surface area contributed by atoms with Gasteiger partial charge in [-0.05, 0) is 54.3 Å². The molecule has 8 nitrogen and oxygen atoms in total. The number of nitrogens with zero attached hydrogens (tertiary/aromatic N) is 3. The van der Waals surface area contributed by atoms with Crippen LogP contribution in [-0.2, 0) is 4.79 Å². The molecule has 1 aromatic heterocycles. The maximum Gasteiger partial charge on any atom is 0.322 e. The van der Waals surface area contributed by atoms with E-state index >= 15 is 0 Å². The highest BCUT2D eigenvalue weighted by Gasteiger charge is 2.22. The lowest BCUT2D eigenvalue weighted by Crippen LogP contribution is -2.50. The zero-order valence-electron chi connectivity index (χ0n) is 20.7. The van der Waals surface area contributed by atoms with Crippen LogP contribution in [-0.4, -0.2) is 66.9 Å². The summed E-state index contributed by atoms with van der Waals surface area (Å²) in [6.45, 7) is 4.74. The number of benzene rings is 2. The minimum absolute atomic E-state index is 0.0107. The number of para-hydroxylation sites is 1. The third-order valence-electron chi connectivity index (χ3n) is 6.05. The van der Waals surface area contributed by atoms with Gasteiger partial charge in [0.2, 0.25) is 5.91 Å². The lowest BCUT2D eigenvalue weighted by atomic mass is 10.2. The average molecular weight is 524 g/mol. The van der Waals surface area contributed by atoms with Gasteiger partial charge in [0, 0.05) is 44.1 Å². The maximum atomic E-state index is 13.8. The van der Waals surface area contributed by atoms with Crippen molar-refractivity contribution >= 4 is 46.2 Å². The number of halogens is 1. The van der Waals surface area contributed by atoms with E-state index in [1.165, 1.54) is 23.5 Å². The molecule has 2 heterocycles. The number of anilines is 3. The number of piperazine rings is 1. The van der Waals surface area contributed by atoms with Crippen LogP contribution >= 0.6 is 11.3 Å². The minimum atomic E-state index is -0.464. The van der Waals surface area contributed by atoms with Crippen LogP contribution in [0.1, 0.15) is 23.0 Å².